The molecule has 1 aliphatic heterocycles. The molecule has 0 aromatic rings. The van der Waals surface area contributed by atoms with Crippen LogP contribution < -0.4 is 10.6 Å². The summed E-state index contributed by atoms with van der Waals surface area (Å²) in [6.07, 6.45) is 7.53. The summed E-state index contributed by atoms with van der Waals surface area (Å²) >= 11 is 0. The summed E-state index contributed by atoms with van der Waals surface area (Å²) in [4.78, 5) is 12.1. The molecule has 18 heavy (non-hydrogen) atoms. The fraction of sp³-hybridized carbons (Fsp3) is 0.929. The maximum atomic E-state index is 12.1. The highest BCUT2D eigenvalue weighted by atomic mass is 16.3. The third kappa shape index (κ3) is 3.45. The molecule has 4 heteroatoms. The number of hydrogen-bond donors (Lipinski definition) is 3. The zero-order chi connectivity index (χ0) is 12.8. The van der Waals surface area contributed by atoms with Crippen LogP contribution in [0, 0.1) is 11.3 Å². The van der Waals surface area contributed by atoms with Crippen LogP contribution in [0.2, 0.25) is 0 Å². The Labute approximate surface area is 110 Å². The Kier molecular flexibility index (Phi) is 5.01. The zero-order valence-electron chi connectivity index (χ0n) is 11.2. The molecule has 1 heterocycles. The van der Waals surface area contributed by atoms with E-state index in [1.807, 2.05) is 0 Å². The number of carbonyl (C=O) groups excluding carboxylic acids is 1. The van der Waals surface area contributed by atoms with Gasteiger partial charge >= 0.3 is 0 Å². The first-order chi connectivity index (χ1) is 8.76. The average molecular weight is 254 g/mol. The predicted molar refractivity (Wildman–Crippen MR) is 71.2 cm³/mol. The van der Waals surface area contributed by atoms with Gasteiger partial charge in [-0.05, 0) is 50.6 Å². The van der Waals surface area contributed by atoms with Gasteiger partial charge in [-0.15, -0.1) is 0 Å². The van der Waals surface area contributed by atoms with Crippen molar-refractivity contribution in [3.63, 3.8) is 0 Å². The van der Waals surface area contributed by atoms with Gasteiger partial charge in [0.25, 0.3) is 0 Å². The molecule has 0 aromatic carbocycles. The lowest BCUT2D eigenvalue weighted by Gasteiger charge is -2.30. The molecule has 2 fully saturated rings. The molecule has 0 unspecified atom stereocenters. The van der Waals surface area contributed by atoms with Gasteiger partial charge in [0, 0.05) is 19.1 Å². The zero-order valence-corrected chi connectivity index (χ0v) is 11.2. The maximum absolute atomic E-state index is 12.1. The molecule has 0 spiro atoms. The minimum Gasteiger partial charge on any atom is -0.396 e. The highest BCUT2D eigenvalue weighted by Gasteiger charge is 2.34. The van der Waals surface area contributed by atoms with Crippen molar-refractivity contribution in [3.8, 4) is 0 Å². The second-order valence-corrected chi connectivity index (χ2v) is 5.92. The van der Waals surface area contributed by atoms with Crippen molar-refractivity contribution in [1.29, 1.82) is 0 Å². The molecule has 0 bridgehead atoms. The summed E-state index contributed by atoms with van der Waals surface area (Å²) in [6, 6.07) is 0. The van der Waals surface area contributed by atoms with Crippen LogP contribution in [-0.2, 0) is 4.79 Å². The van der Waals surface area contributed by atoms with E-state index in [1.165, 1.54) is 12.8 Å². The molecule has 2 rings (SSSR count). The van der Waals surface area contributed by atoms with Gasteiger partial charge in [-0.25, -0.2) is 0 Å². The van der Waals surface area contributed by atoms with E-state index >= 15 is 0 Å². The molecule has 1 aliphatic carbocycles. The van der Waals surface area contributed by atoms with Crippen molar-refractivity contribution in [2.45, 2.75) is 44.9 Å². The third-order valence-electron chi connectivity index (χ3n) is 4.65. The summed E-state index contributed by atoms with van der Waals surface area (Å²) in [7, 11) is 0. The molecular weight excluding hydrogens is 228 g/mol. The number of piperidine rings is 1. The number of rotatable bonds is 5. The first-order valence-electron chi connectivity index (χ1n) is 7.35. The fourth-order valence-corrected chi connectivity index (χ4v) is 3.38. The lowest BCUT2D eigenvalue weighted by molar-refractivity contribution is -0.126. The van der Waals surface area contributed by atoms with E-state index in [0.717, 1.165) is 51.7 Å². The van der Waals surface area contributed by atoms with Crippen molar-refractivity contribution < 1.29 is 9.90 Å². The Balaban J connectivity index is 1.79. The van der Waals surface area contributed by atoms with Crippen LogP contribution in [0.1, 0.15) is 44.9 Å². The molecule has 0 radical (unpaired) electrons. The second kappa shape index (κ2) is 6.53. The molecule has 1 amide bonds. The van der Waals surface area contributed by atoms with Gasteiger partial charge in [0.1, 0.15) is 0 Å². The van der Waals surface area contributed by atoms with Gasteiger partial charge in [0.15, 0.2) is 0 Å². The first kappa shape index (κ1) is 13.8. The molecule has 1 saturated heterocycles. The molecular formula is C14H26N2O2. The van der Waals surface area contributed by atoms with Crippen molar-refractivity contribution >= 4 is 5.91 Å². The molecule has 2 aliphatic rings. The predicted octanol–water partition coefficient (Wildman–Crippen LogP) is 1.04. The van der Waals surface area contributed by atoms with Crippen LogP contribution in [0.25, 0.3) is 0 Å². The lowest BCUT2D eigenvalue weighted by atomic mass is 9.82. The normalized spacial score (nSPS) is 24.1. The SMILES string of the molecule is O=C(NCC1(CCO)CCCC1)C1CCNCC1. The second-order valence-electron chi connectivity index (χ2n) is 5.92. The van der Waals surface area contributed by atoms with Crippen LogP contribution in [0.4, 0.5) is 0 Å². The van der Waals surface area contributed by atoms with Crippen LogP contribution in [0.5, 0.6) is 0 Å². The van der Waals surface area contributed by atoms with Gasteiger partial charge in [-0.1, -0.05) is 12.8 Å². The number of aliphatic hydroxyl groups is 1. The molecule has 1 saturated carbocycles. The standard InChI is InChI=1S/C14H26N2O2/c17-10-7-14(5-1-2-6-14)11-16-13(18)12-3-8-15-9-4-12/h12,15,17H,1-11H2,(H,16,18). The lowest BCUT2D eigenvalue weighted by Crippen LogP contribution is -2.42. The van der Waals surface area contributed by atoms with Crippen LogP contribution in [-0.4, -0.2) is 37.3 Å². The smallest absolute Gasteiger partial charge is 0.223 e. The summed E-state index contributed by atoms with van der Waals surface area (Å²) < 4.78 is 0. The Hall–Kier alpha value is -0.610. The van der Waals surface area contributed by atoms with Gasteiger partial charge < -0.3 is 15.7 Å². The minimum atomic E-state index is 0.178. The summed E-state index contributed by atoms with van der Waals surface area (Å²) in [5, 5.41) is 15.6. The van der Waals surface area contributed by atoms with Crippen LogP contribution >= 0.6 is 0 Å². The van der Waals surface area contributed by atoms with Crippen molar-refractivity contribution in [2.75, 3.05) is 26.2 Å². The summed E-state index contributed by atoms with van der Waals surface area (Å²) in [5.41, 5.74) is 0.178. The van der Waals surface area contributed by atoms with E-state index in [1.54, 1.807) is 0 Å². The summed E-state index contributed by atoms with van der Waals surface area (Å²) in [6.45, 7) is 2.92. The Bertz CT molecular complexity index is 269. The van der Waals surface area contributed by atoms with E-state index in [-0.39, 0.29) is 23.8 Å². The summed E-state index contributed by atoms with van der Waals surface area (Å²) in [5.74, 6) is 0.416. The third-order valence-corrected chi connectivity index (χ3v) is 4.65. The Morgan fingerprint density at radius 1 is 1.28 bits per heavy atom. The monoisotopic (exact) mass is 254 g/mol. The minimum absolute atomic E-state index is 0.178. The van der Waals surface area contributed by atoms with Crippen molar-refractivity contribution in [1.82, 2.24) is 10.6 Å². The van der Waals surface area contributed by atoms with E-state index in [4.69, 9.17) is 0 Å². The molecule has 0 atom stereocenters. The topological polar surface area (TPSA) is 61.4 Å². The highest BCUT2D eigenvalue weighted by molar-refractivity contribution is 5.78. The quantitative estimate of drug-likeness (QED) is 0.687. The number of nitrogens with one attached hydrogen (secondary N) is 2. The van der Waals surface area contributed by atoms with E-state index in [2.05, 4.69) is 10.6 Å². The largest absolute Gasteiger partial charge is 0.396 e. The van der Waals surface area contributed by atoms with Gasteiger partial charge in [-0.2, -0.15) is 0 Å². The average Bonchev–Trinajstić information content (AvgIpc) is 2.87. The maximum Gasteiger partial charge on any atom is 0.223 e. The number of carbonyl (C=O) groups is 1. The number of aliphatic hydroxyl groups excluding tert-OH is 1. The molecule has 4 nitrogen and oxygen atoms in total. The Morgan fingerprint density at radius 3 is 2.56 bits per heavy atom. The van der Waals surface area contributed by atoms with Gasteiger partial charge in [0.05, 0.1) is 0 Å². The number of amides is 1. The Morgan fingerprint density at radius 2 is 1.94 bits per heavy atom. The van der Waals surface area contributed by atoms with Crippen LogP contribution in [0.3, 0.4) is 0 Å². The van der Waals surface area contributed by atoms with Crippen molar-refractivity contribution in [3.05, 3.63) is 0 Å². The highest BCUT2D eigenvalue weighted by Crippen LogP contribution is 2.40. The van der Waals surface area contributed by atoms with Crippen LogP contribution in [0.15, 0.2) is 0 Å². The number of hydrogen-bond acceptors (Lipinski definition) is 3. The van der Waals surface area contributed by atoms with E-state index in [9.17, 15) is 9.90 Å². The molecule has 104 valence electrons. The van der Waals surface area contributed by atoms with Crippen molar-refractivity contribution in [2.24, 2.45) is 11.3 Å². The fourth-order valence-electron chi connectivity index (χ4n) is 3.38. The first-order valence-corrected chi connectivity index (χ1v) is 7.35. The van der Waals surface area contributed by atoms with Gasteiger partial charge in [-0.3, -0.25) is 4.79 Å². The van der Waals surface area contributed by atoms with E-state index < -0.39 is 0 Å². The molecule has 0 aromatic heterocycles. The van der Waals surface area contributed by atoms with E-state index in [0.29, 0.717) is 0 Å². The molecule has 3 N–H and O–H groups in total. The van der Waals surface area contributed by atoms with Gasteiger partial charge in [0.2, 0.25) is 5.91 Å².